The van der Waals surface area contributed by atoms with Crippen LogP contribution in [0.2, 0.25) is 0 Å². The molecule has 3 aromatic rings. The molecule has 0 aliphatic rings. The van der Waals surface area contributed by atoms with Gasteiger partial charge in [0.1, 0.15) is 18.0 Å². The normalized spacial score (nSPS) is 10.6. The summed E-state index contributed by atoms with van der Waals surface area (Å²) in [6.07, 6.45) is 1.60. The number of amides is 1. The standard InChI is InChI=1S/C20H19BrN4O4/c1-12-4-13(2)6-17(5-12)29-18-8-15(7-16(9-18)25(27)28)23-20(26)11-24-14(3)19(21)10-22-24/h4-10H,11H2,1-3H3,(H,23,26). The predicted molar refractivity (Wildman–Crippen MR) is 112 cm³/mol. The van der Waals surface area contributed by atoms with Crippen LogP contribution in [0.15, 0.2) is 47.1 Å². The maximum atomic E-state index is 12.4. The average Bonchev–Trinajstić information content (AvgIpc) is 2.92. The molecule has 3 rings (SSSR count). The van der Waals surface area contributed by atoms with Crippen LogP contribution in [0.5, 0.6) is 11.5 Å². The molecule has 29 heavy (non-hydrogen) atoms. The predicted octanol–water partition coefficient (Wildman–Crippen LogP) is 4.91. The summed E-state index contributed by atoms with van der Waals surface area (Å²) in [6.45, 7) is 5.68. The van der Waals surface area contributed by atoms with Gasteiger partial charge in [0.05, 0.1) is 33.0 Å². The number of benzene rings is 2. The maximum Gasteiger partial charge on any atom is 0.275 e. The van der Waals surface area contributed by atoms with E-state index in [2.05, 4.69) is 26.3 Å². The van der Waals surface area contributed by atoms with Gasteiger partial charge in [-0.25, -0.2) is 0 Å². The Morgan fingerprint density at radius 3 is 2.38 bits per heavy atom. The van der Waals surface area contributed by atoms with Crippen molar-refractivity contribution in [3.63, 3.8) is 0 Å². The second kappa shape index (κ2) is 8.44. The monoisotopic (exact) mass is 458 g/mol. The maximum absolute atomic E-state index is 12.4. The quantitative estimate of drug-likeness (QED) is 0.417. The number of carbonyl (C=O) groups excluding carboxylic acids is 1. The molecule has 1 N–H and O–H groups in total. The Labute approximate surface area is 175 Å². The fraction of sp³-hybridized carbons (Fsp3) is 0.200. The second-order valence-electron chi connectivity index (χ2n) is 6.68. The number of aromatic nitrogens is 2. The highest BCUT2D eigenvalue weighted by atomic mass is 79.9. The number of anilines is 1. The SMILES string of the molecule is Cc1cc(C)cc(Oc2cc(NC(=O)Cn3ncc(Br)c3C)cc([N+](=O)[O-])c2)c1. The molecule has 0 radical (unpaired) electrons. The van der Waals surface area contributed by atoms with E-state index in [4.69, 9.17) is 4.74 Å². The van der Waals surface area contributed by atoms with Crippen LogP contribution in [-0.2, 0) is 11.3 Å². The Kier molecular flexibility index (Phi) is 5.97. The van der Waals surface area contributed by atoms with E-state index in [-0.39, 0.29) is 29.6 Å². The van der Waals surface area contributed by atoms with Gasteiger partial charge in [-0.15, -0.1) is 0 Å². The van der Waals surface area contributed by atoms with E-state index in [1.165, 1.54) is 16.8 Å². The van der Waals surface area contributed by atoms with Gasteiger partial charge >= 0.3 is 0 Å². The number of rotatable bonds is 6. The first-order valence-corrected chi connectivity index (χ1v) is 9.54. The Morgan fingerprint density at radius 1 is 1.14 bits per heavy atom. The molecule has 0 saturated heterocycles. The molecule has 9 heteroatoms. The Morgan fingerprint density at radius 2 is 1.79 bits per heavy atom. The Balaban J connectivity index is 1.83. The molecule has 2 aromatic carbocycles. The molecule has 0 bridgehead atoms. The van der Waals surface area contributed by atoms with Gasteiger partial charge in [-0.1, -0.05) is 6.07 Å². The number of ether oxygens (including phenoxy) is 1. The van der Waals surface area contributed by atoms with Crippen molar-refractivity contribution in [1.29, 1.82) is 0 Å². The molecule has 0 spiro atoms. The highest BCUT2D eigenvalue weighted by molar-refractivity contribution is 9.10. The van der Waals surface area contributed by atoms with Crippen molar-refractivity contribution in [2.45, 2.75) is 27.3 Å². The average molecular weight is 459 g/mol. The Hall–Kier alpha value is -3.20. The van der Waals surface area contributed by atoms with Gasteiger partial charge in [-0.2, -0.15) is 5.10 Å². The summed E-state index contributed by atoms with van der Waals surface area (Å²) < 4.78 is 8.14. The van der Waals surface area contributed by atoms with Crippen LogP contribution < -0.4 is 10.1 Å². The van der Waals surface area contributed by atoms with E-state index in [9.17, 15) is 14.9 Å². The number of nitrogens with one attached hydrogen (secondary N) is 1. The van der Waals surface area contributed by atoms with E-state index in [1.54, 1.807) is 12.3 Å². The lowest BCUT2D eigenvalue weighted by Gasteiger charge is -2.11. The van der Waals surface area contributed by atoms with Crippen molar-refractivity contribution in [3.8, 4) is 11.5 Å². The van der Waals surface area contributed by atoms with E-state index in [0.29, 0.717) is 5.75 Å². The van der Waals surface area contributed by atoms with Gasteiger partial charge in [-0.3, -0.25) is 19.6 Å². The van der Waals surface area contributed by atoms with Crippen molar-refractivity contribution in [3.05, 3.63) is 74.0 Å². The Bertz CT molecular complexity index is 1070. The fourth-order valence-corrected chi connectivity index (χ4v) is 3.16. The number of aryl methyl sites for hydroxylation is 2. The highest BCUT2D eigenvalue weighted by Gasteiger charge is 2.15. The van der Waals surface area contributed by atoms with Crippen LogP contribution >= 0.6 is 15.9 Å². The van der Waals surface area contributed by atoms with Crippen LogP contribution in [0, 0.1) is 30.9 Å². The van der Waals surface area contributed by atoms with Crippen LogP contribution in [0.4, 0.5) is 11.4 Å². The third-order valence-electron chi connectivity index (χ3n) is 4.15. The van der Waals surface area contributed by atoms with E-state index in [1.807, 2.05) is 39.0 Å². The van der Waals surface area contributed by atoms with Crippen molar-refractivity contribution in [1.82, 2.24) is 9.78 Å². The number of non-ortho nitro benzene ring substituents is 1. The number of nitrogens with zero attached hydrogens (tertiary/aromatic N) is 3. The van der Waals surface area contributed by atoms with Gasteiger partial charge in [-0.05, 0) is 60.0 Å². The third kappa shape index (κ3) is 5.20. The molecular weight excluding hydrogens is 440 g/mol. The molecule has 0 aliphatic carbocycles. The number of hydrogen-bond donors (Lipinski definition) is 1. The molecule has 1 aromatic heterocycles. The smallest absolute Gasteiger partial charge is 0.275 e. The van der Waals surface area contributed by atoms with Crippen LogP contribution in [0.3, 0.4) is 0 Å². The first-order chi connectivity index (χ1) is 13.7. The number of carbonyl (C=O) groups is 1. The minimum absolute atomic E-state index is 0.0204. The van der Waals surface area contributed by atoms with Crippen molar-refractivity contribution >= 4 is 33.2 Å². The molecule has 8 nitrogen and oxygen atoms in total. The summed E-state index contributed by atoms with van der Waals surface area (Å²) in [5, 5.41) is 18.1. The van der Waals surface area contributed by atoms with E-state index >= 15 is 0 Å². The minimum Gasteiger partial charge on any atom is -0.457 e. The lowest BCUT2D eigenvalue weighted by molar-refractivity contribution is -0.384. The molecule has 1 amide bonds. The molecule has 0 aliphatic heterocycles. The van der Waals surface area contributed by atoms with Crippen molar-refractivity contribution in [2.75, 3.05) is 5.32 Å². The number of halogens is 1. The van der Waals surface area contributed by atoms with Gasteiger partial charge in [0, 0.05) is 12.1 Å². The van der Waals surface area contributed by atoms with Crippen molar-refractivity contribution < 1.29 is 14.5 Å². The second-order valence-corrected chi connectivity index (χ2v) is 7.54. The summed E-state index contributed by atoms with van der Waals surface area (Å²) in [6, 6.07) is 9.83. The van der Waals surface area contributed by atoms with Crippen molar-refractivity contribution in [2.24, 2.45) is 0 Å². The number of nitro benzene ring substituents is 1. The summed E-state index contributed by atoms with van der Waals surface area (Å²) in [7, 11) is 0. The van der Waals surface area contributed by atoms with Gasteiger partial charge in [0.2, 0.25) is 5.91 Å². The fourth-order valence-electron chi connectivity index (χ4n) is 2.87. The molecular formula is C20H19BrN4O4. The van der Waals surface area contributed by atoms with Crippen LogP contribution in [0.25, 0.3) is 0 Å². The number of hydrogen-bond acceptors (Lipinski definition) is 5. The van der Waals surface area contributed by atoms with Gasteiger partial charge in [0.15, 0.2) is 0 Å². The van der Waals surface area contributed by atoms with Crippen LogP contribution in [0.1, 0.15) is 16.8 Å². The first-order valence-electron chi connectivity index (χ1n) is 8.74. The zero-order valence-electron chi connectivity index (χ0n) is 16.1. The summed E-state index contributed by atoms with van der Waals surface area (Å²) in [5.74, 6) is 0.469. The molecule has 0 unspecified atom stereocenters. The summed E-state index contributed by atoms with van der Waals surface area (Å²) in [4.78, 5) is 23.2. The zero-order valence-corrected chi connectivity index (χ0v) is 17.7. The lowest BCUT2D eigenvalue weighted by Crippen LogP contribution is -2.20. The minimum atomic E-state index is -0.529. The zero-order chi connectivity index (χ0) is 21.1. The lowest BCUT2D eigenvalue weighted by atomic mass is 10.1. The van der Waals surface area contributed by atoms with Crippen LogP contribution in [-0.4, -0.2) is 20.6 Å². The largest absolute Gasteiger partial charge is 0.457 e. The van der Waals surface area contributed by atoms with E-state index < -0.39 is 4.92 Å². The highest BCUT2D eigenvalue weighted by Crippen LogP contribution is 2.30. The van der Waals surface area contributed by atoms with Gasteiger partial charge in [0.25, 0.3) is 5.69 Å². The topological polar surface area (TPSA) is 99.3 Å². The summed E-state index contributed by atoms with van der Waals surface area (Å²) >= 11 is 3.34. The van der Waals surface area contributed by atoms with E-state index in [0.717, 1.165) is 21.3 Å². The first kappa shape index (κ1) is 20.5. The molecule has 0 atom stereocenters. The molecule has 0 saturated carbocycles. The number of nitro groups is 1. The molecule has 0 fully saturated rings. The molecule has 1 heterocycles. The van der Waals surface area contributed by atoms with Gasteiger partial charge < -0.3 is 10.1 Å². The molecule has 150 valence electrons. The summed E-state index contributed by atoms with van der Waals surface area (Å²) in [5.41, 5.74) is 2.92. The third-order valence-corrected chi connectivity index (χ3v) is 4.93.